The number of fused-ring (bicyclic) bond motifs is 8. The Labute approximate surface area is 466 Å². The fraction of sp³-hybridized carbons (Fsp3) is 0.323. The van der Waals surface area contributed by atoms with Gasteiger partial charge >= 0.3 is 442 Å². The summed E-state index contributed by atoms with van der Waals surface area (Å²) in [6, 6.07) is 32.1. The van der Waals surface area contributed by atoms with E-state index in [0.717, 1.165) is 51.9 Å². The van der Waals surface area contributed by atoms with Crippen molar-refractivity contribution in [3.8, 4) is 0 Å². The minimum atomic E-state index is -5.17. The van der Waals surface area contributed by atoms with Crippen LogP contribution in [0.1, 0.15) is 112 Å². The Hall–Kier alpha value is -4.91. The predicted molar refractivity (Wildman–Crippen MR) is 321 cm³/mol. The van der Waals surface area contributed by atoms with Crippen molar-refractivity contribution in [3.63, 3.8) is 0 Å². The van der Waals surface area contributed by atoms with Crippen LogP contribution in [0.3, 0.4) is 0 Å². The minimum absolute atomic E-state index is 0.352. The van der Waals surface area contributed by atoms with E-state index in [4.69, 9.17) is 17.5 Å². The van der Waals surface area contributed by atoms with Gasteiger partial charge in [-0.3, -0.25) is 8.42 Å². The number of anilines is 2. The number of aryl methyl sites for hydroxylation is 8. The number of rotatable bonds is 12. The van der Waals surface area contributed by atoms with Crippen molar-refractivity contribution >= 4 is 137 Å². The molecule has 0 aliphatic carbocycles. The molecular weight excluding hydrogens is 1120 g/mol. The van der Waals surface area contributed by atoms with Gasteiger partial charge < -0.3 is 9.11 Å². The van der Waals surface area contributed by atoms with Crippen LogP contribution in [0.2, 0.25) is 0 Å². The van der Waals surface area contributed by atoms with Gasteiger partial charge in [0.1, 0.15) is 0 Å². The van der Waals surface area contributed by atoms with E-state index in [1.54, 1.807) is 0 Å². The molecule has 0 atom stereocenters. The van der Waals surface area contributed by atoms with Crippen LogP contribution in [0.15, 0.2) is 117 Å². The van der Waals surface area contributed by atoms with Crippen molar-refractivity contribution in [2.45, 2.75) is 122 Å². The van der Waals surface area contributed by atoms with E-state index >= 15 is 0 Å². The standard InChI is InChI=1S/2C31H35N2SSe.H2O4S/c2*1-7-22(18-29-32(9-3)26-15-20(5)21(6)16-27(26)35-29)17-28-33(10-4)30-25-14-12-11-13-24(25)19-23(8-2)31(30)34-28;1-5(2,3)4/h2*11-19H,7-10H2,1-6H3;(H2,1,2,3,4)/q2*+1;/p-2. The molecule has 13 heteroatoms. The summed E-state index contributed by atoms with van der Waals surface area (Å²) in [6.45, 7) is 31.2. The van der Waals surface area contributed by atoms with Gasteiger partial charge in [0.2, 0.25) is 0 Å². The summed E-state index contributed by atoms with van der Waals surface area (Å²) in [5.74, 6) is 0. The van der Waals surface area contributed by atoms with E-state index in [-0.39, 0.29) is 0 Å². The van der Waals surface area contributed by atoms with E-state index < -0.39 is 10.4 Å². The molecule has 0 N–H and O–H groups in total. The molecule has 2 aromatic heterocycles. The Balaban J connectivity index is 0.000000183. The zero-order valence-electron chi connectivity index (χ0n) is 45.5. The van der Waals surface area contributed by atoms with Crippen LogP contribution >= 0.6 is 22.7 Å². The normalized spacial score (nSPS) is 14.9. The van der Waals surface area contributed by atoms with Gasteiger partial charge in [-0.25, -0.2) is 0 Å². The largest absolute Gasteiger partial charge is 0.759 e. The number of allylic oxidation sites excluding steroid dienone is 4. The van der Waals surface area contributed by atoms with Crippen molar-refractivity contribution in [1.29, 1.82) is 0 Å². The van der Waals surface area contributed by atoms with Crippen LogP contribution < -0.4 is 27.9 Å². The maximum Gasteiger partial charge on any atom is 0.0311 e. The third-order valence-electron chi connectivity index (χ3n) is 14.4. The van der Waals surface area contributed by atoms with Gasteiger partial charge in [0.05, 0.1) is 0 Å². The van der Waals surface area contributed by atoms with Crippen molar-refractivity contribution in [3.05, 3.63) is 161 Å². The molecule has 2 aliphatic rings. The SMILES string of the molecule is CCC(=Cc1sc2c(CC)cc3ccccc3c2[n+]1CC)C=C1[Se]c2cc(C)c(C)cc2N1CC.CCC(=Cc1sc2c(CC)cc3ccccc3c2[n+]1CC)C=C1[Se]c2cc(C)c(C)cc2N1CC.O=S(=O)([O-])[O-]. The quantitative estimate of drug-likeness (QED) is 0.0523. The summed E-state index contributed by atoms with van der Waals surface area (Å²) in [5.41, 5.74) is 17.0. The average Bonchev–Trinajstić information content (AvgIpc) is 4.14. The Kier molecular flexibility index (Phi) is 18.2. The van der Waals surface area contributed by atoms with Crippen molar-refractivity contribution in [1.82, 2.24) is 0 Å². The molecule has 0 radical (unpaired) electrons. The Morgan fingerprint density at radius 3 is 1.25 bits per heavy atom. The predicted octanol–water partition coefficient (Wildman–Crippen LogP) is 12.8. The minimum Gasteiger partial charge on any atom is -0.759 e. The first-order valence-corrected chi connectivity index (χ1v) is 32.7. The third-order valence-corrected chi connectivity index (χ3v) is 21.4. The summed E-state index contributed by atoms with van der Waals surface area (Å²) < 4.78 is 48.1. The summed E-state index contributed by atoms with van der Waals surface area (Å²) in [4.78, 5) is 5.07. The summed E-state index contributed by atoms with van der Waals surface area (Å²) in [7, 11) is -5.17. The van der Waals surface area contributed by atoms with Crippen LogP contribution in [0.4, 0.5) is 11.4 Å². The monoisotopic (exact) mass is 1190 g/mol. The molecule has 0 fully saturated rings. The maximum absolute atomic E-state index is 8.52. The summed E-state index contributed by atoms with van der Waals surface area (Å²) in [5, 5.41) is 8.15. The average molecular weight is 1190 g/mol. The van der Waals surface area contributed by atoms with Gasteiger partial charge in [-0.1, -0.05) is 0 Å². The second-order valence-electron chi connectivity index (χ2n) is 19.0. The molecule has 6 aromatic carbocycles. The van der Waals surface area contributed by atoms with Gasteiger partial charge in [-0.15, -0.1) is 0 Å². The molecule has 0 spiro atoms. The smallest absolute Gasteiger partial charge is 0.0311 e. The van der Waals surface area contributed by atoms with E-state index in [9.17, 15) is 0 Å². The molecule has 0 amide bonds. The molecule has 0 unspecified atom stereocenters. The van der Waals surface area contributed by atoms with Crippen LogP contribution in [-0.4, -0.2) is 60.5 Å². The topological polar surface area (TPSA) is 94.5 Å². The molecule has 0 saturated carbocycles. The molecule has 8 aromatic rings. The number of hydrogen-bond donors (Lipinski definition) is 0. The molecule has 0 bridgehead atoms. The fourth-order valence-corrected chi connectivity index (χ4v) is 18.3. The first kappa shape index (κ1) is 56.3. The molecule has 4 heterocycles. The van der Waals surface area contributed by atoms with E-state index in [1.165, 1.54) is 126 Å². The fourth-order valence-electron chi connectivity index (χ4n) is 10.1. The Morgan fingerprint density at radius 1 is 0.560 bits per heavy atom. The van der Waals surface area contributed by atoms with Crippen LogP contribution in [0.5, 0.6) is 0 Å². The number of nitrogens with zero attached hydrogens (tertiary/aromatic N) is 4. The number of aromatic nitrogens is 2. The zero-order valence-corrected chi connectivity index (χ0v) is 51.4. The Morgan fingerprint density at radius 2 is 0.920 bits per heavy atom. The molecule has 392 valence electrons. The molecular formula is C62H70N4O4S3Se2. The van der Waals surface area contributed by atoms with E-state index in [0.29, 0.717) is 29.9 Å². The van der Waals surface area contributed by atoms with Crippen LogP contribution in [-0.2, 0) is 36.3 Å². The molecule has 8 nitrogen and oxygen atoms in total. The van der Waals surface area contributed by atoms with Crippen LogP contribution in [0, 0.1) is 27.7 Å². The molecule has 0 saturated heterocycles. The van der Waals surface area contributed by atoms with Gasteiger partial charge in [-0.05, 0) is 0 Å². The second-order valence-corrected chi connectivity index (χ2v) is 26.3. The van der Waals surface area contributed by atoms with Gasteiger partial charge in [0.15, 0.2) is 0 Å². The zero-order chi connectivity index (χ0) is 53.9. The van der Waals surface area contributed by atoms with Crippen LogP contribution in [0.25, 0.3) is 54.1 Å². The summed E-state index contributed by atoms with van der Waals surface area (Å²) >= 11 is 4.63. The second kappa shape index (κ2) is 24.2. The van der Waals surface area contributed by atoms with Crippen molar-refractivity contribution in [2.75, 3.05) is 22.9 Å². The number of benzene rings is 6. The van der Waals surface area contributed by atoms with Crippen molar-refractivity contribution < 1.29 is 26.7 Å². The van der Waals surface area contributed by atoms with E-state index in [1.807, 2.05) is 22.7 Å². The third kappa shape index (κ3) is 12.0. The van der Waals surface area contributed by atoms with Gasteiger partial charge in [-0.2, -0.15) is 0 Å². The number of hydrogen-bond acceptors (Lipinski definition) is 8. The summed E-state index contributed by atoms with van der Waals surface area (Å²) in [6.07, 6.45) is 14.1. The Bertz CT molecular complexity index is 3480. The molecule has 10 rings (SSSR count). The first-order valence-electron chi connectivity index (χ1n) is 26.4. The van der Waals surface area contributed by atoms with Gasteiger partial charge in [0.25, 0.3) is 0 Å². The number of thiazole rings is 2. The first-order chi connectivity index (χ1) is 36.0. The van der Waals surface area contributed by atoms with E-state index in [2.05, 4.69) is 211 Å². The molecule has 2 aliphatic heterocycles. The maximum atomic E-state index is 8.52. The van der Waals surface area contributed by atoms with Gasteiger partial charge in [0, 0.05) is 10.4 Å². The molecule has 75 heavy (non-hydrogen) atoms. The van der Waals surface area contributed by atoms with Crippen molar-refractivity contribution in [2.24, 2.45) is 0 Å².